The third-order valence-corrected chi connectivity index (χ3v) is 5.15. The highest BCUT2D eigenvalue weighted by Crippen LogP contribution is 2.32. The summed E-state index contributed by atoms with van der Waals surface area (Å²) in [7, 11) is 1.57. The normalized spacial score (nSPS) is 15.5. The van der Waals surface area contributed by atoms with Crippen LogP contribution in [0.4, 0.5) is 0 Å². The number of hydrogen-bond acceptors (Lipinski definition) is 5. The van der Waals surface area contributed by atoms with Gasteiger partial charge in [-0.25, -0.2) is 0 Å². The number of hydrazine groups is 1. The number of hydrogen-bond donors (Lipinski definition) is 1. The van der Waals surface area contributed by atoms with Crippen molar-refractivity contribution in [2.45, 2.75) is 0 Å². The molecule has 1 saturated heterocycles. The van der Waals surface area contributed by atoms with E-state index in [2.05, 4.69) is 5.43 Å². The minimum Gasteiger partial charge on any atom is -0.497 e. The van der Waals surface area contributed by atoms with Crippen LogP contribution in [0.15, 0.2) is 53.4 Å². The Balaban J connectivity index is 1.79. The van der Waals surface area contributed by atoms with Crippen LogP contribution in [-0.2, 0) is 4.79 Å². The molecular formula is C18H13ClN2O3S2. The van der Waals surface area contributed by atoms with Crippen molar-refractivity contribution in [1.29, 1.82) is 0 Å². The smallest absolute Gasteiger partial charge is 0.285 e. The first-order chi connectivity index (χ1) is 12.5. The molecule has 0 aliphatic carbocycles. The van der Waals surface area contributed by atoms with Gasteiger partial charge in [0.05, 0.1) is 22.6 Å². The van der Waals surface area contributed by atoms with Crippen molar-refractivity contribution in [2.24, 2.45) is 0 Å². The third-order valence-electron chi connectivity index (χ3n) is 3.52. The van der Waals surface area contributed by atoms with Crippen molar-refractivity contribution in [3.05, 3.63) is 69.6 Å². The van der Waals surface area contributed by atoms with E-state index in [9.17, 15) is 9.59 Å². The summed E-state index contributed by atoms with van der Waals surface area (Å²) in [6, 6.07) is 13.9. The van der Waals surface area contributed by atoms with Crippen molar-refractivity contribution in [3.63, 3.8) is 0 Å². The average molecular weight is 405 g/mol. The molecule has 1 N–H and O–H groups in total. The van der Waals surface area contributed by atoms with Gasteiger partial charge in [0.25, 0.3) is 11.8 Å². The molecule has 0 radical (unpaired) electrons. The number of nitrogens with one attached hydrogen (secondary N) is 1. The molecule has 1 aliphatic rings. The average Bonchev–Trinajstić information content (AvgIpc) is 2.89. The lowest BCUT2D eigenvalue weighted by Crippen LogP contribution is -2.44. The fourth-order valence-corrected chi connectivity index (χ4v) is 3.65. The molecule has 2 amide bonds. The number of thiocarbonyl (C=S) groups is 1. The van der Waals surface area contributed by atoms with Gasteiger partial charge in [0.2, 0.25) is 0 Å². The highest BCUT2D eigenvalue weighted by Gasteiger charge is 2.34. The van der Waals surface area contributed by atoms with E-state index in [0.717, 1.165) is 22.3 Å². The molecule has 26 heavy (non-hydrogen) atoms. The Bertz CT molecular complexity index is 930. The highest BCUT2D eigenvalue weighted by molar-refractivity contribution is 8.26. The van der Waals surface area contributed by atoms with Crippen LogP contribution in [0.5, 0.6) is 5.75 Å². The molecule has 1 fully saturated rings. The first-order valence-electron chi connectivity index (χ1n) is 7.47. The minimum atomic E-state index is -0.505. The van der Waals surface area contributed by atoms with Crippen molar-refractivity contribution < 1.29 is 14.3 Å². The van der Waals surface area contributed by atoms with Crippen LogP contribution in [-0.4, -0.2) is 28.3 Å². The maximum Gasteiger partial charge on any atom is 0.285 e. The molecule has 132 valence electrons. The summed E-state index contributed by atoms with van der Waals surface area (Å²) < 4.78 is 5.41. The fraction of sp³-hybridized carbons (Fsp3) is 0.0556. The van der Waals surface area contributed by atoms with Crippen LogP contribution < -0.4 is 10.2 Å². The predicted molar refractivity (Wildman–Crippen MR) is 107 cm³/mol. The number of amides is 2. The highest BCUT2D eigenvalue weighted by atomic mass is 35.5. The number of nitrogens with zero attached hydrogens (tertiary/aromatic N) is 1. The Morgan fingerprint density at radius 1 is 1.27 bits per heavy atom. The Hall–Kier alpha value is -2.35. The van der Waals surface area contributed by atoms with Gasteiger partial charge in [-0.1, -0.05) is 47.6 Å². The van der Waals surface area contributed by atoms with Crippen molar-refractivity contribution in [1.82, 2.24) is 10.4 Å². The number of halogens is 1. The molecule has 2 aromatic carbocycles. The summed E-state index contributed by atoms with van der Waals surface area (Å²) in [5.74, 6) is -0.223. The van der Waals surface area contributed by atoms with Gasteiger partial charge in [0, 0.05) is 0 Å². The molecule has 0 unspecified atom stereocenters. The van der Waals surface area contributed by atoms with Crippen LogP contribution in [0.3, 0.4) is 0 Å². The Kier molecular flexibility index (Phi) is 5.61. The number of rotatable bonds is 4. The molecule has 1 aliphatic heterocycles. The van der Waals surface area contributed by atoms with Gasteiger partial charge < -0.3 is 4.74 Å². The van der Waals surface area contributed by atoms with E-state index in [1.54, 1.807) is 43.5 Å². The Morgan fingerprint density at radius 3 is 2.77 bits per heavy atom. The van der Waals surface area contributed by atoms with E-state index in [4.69, 9.17) is 28.6 Å². The maximum atomic E-state index is 12.6. The second kappa shape index (κ2) is 7.90. The lowest BCUT2D eigenvalue weighted by Gasteiger charge is -2.16. The quantitative estimate of drug-likeness (QED) is 0.618. The molecule has 0 atom stereocenters. The van der Waals surface area contributed by atoms with Crippen molar-refractivity contribution >= 4 is 57.8 Å². The number of methoxy groups -OCH3 is 1. The molecular weight excluding hydrogens is 392 g/mol. The molecule has 2 aromatic rings. The SMILES string of the molecule is COc1cccc(C=C2SC(=S)N(NC(=O)c3ccccc3Cl)C2=O)c1. The summed E-state index contributed by atoms with van der Waals surface area (Å²) in [6.45, 7) is 0. The van der Waals surface area contributed by atoms with Crippen molar-refractivity contribution in [3.8, 4) is 5.75 Å². The standard InChI is InChI=1S/C18H13ClN2O3S2/c1-24-12-6-4-5-11(9-12)10-15-17(23)21(18(25)26-15)20-16(22)13-7-2-3-8-14(13)19/h2-10H,1H3,(H,20,22). The van der Waals surface area contributed by atoms with Crippen LogP contribution in [0.25, 0.3) is 6.08 Å². The lowest BCUT2D eigenvalue weighted by atomic mass is 10.2. The number of ether oxygens (including phenoxy) is 1. The van der Waals surface area contributed by atoms with Crippen LogP contribution >= 0.6 is 35.6 Å². The van der Waals surface area contributed by atoms with Crippen LogP contribution in [0.1, 0.15) is 15.9 Å². The van der Waals surface area contributed by atoms with E-state index in [-0.39, 0.29) is 9.88 Å². The molecule has 0 spiro atoms. The fourth-order valence-electron chi connectivity index (χ4n) is 2.25. The summed E-state index contributed by atoms with van der Waals surface area (Å²) in [6.07, 6.45) is 1.70. The van der Waals surface area contributed by atoms with Gasteiger partial charge in [-0.3, -0.25) is 15.0 Å². The Labute approximate surface area is 164 Å². The van der Waals surface area contributed by atoms with E-state index >= 15 is 0 Å². The third kappa shape index (κ3) is 3.90. The molecule has 0 aromatic heterocycles. The summed E-state index contributed by atoms with van der Waals surface area (Å²) in [5.41, 5.74) is 3.56. The summed E-state index contributed by atoms with van der Waals surface area (Å²) in [5, 5.41) is 1.35. The Morgan fingerprint density at radius 2 is 2.04 bits per heavy atom. The van der Waals surface area contributed by atoms with Crippen molar-refractivity contribution in [2.75, 3.05) is 7.11 Å². The molecule has 0 saturated carbocycles. The summed E-state index contributed by atoms with van der Waals surface area (Å²) >= 11 is 12.3. The van der Waals surface area contributed by atoms with Gasteiger partial charge >= 0.3 is 0 Å². The summed E-state index contributed by atoms with van der Waals surface area (Å²) in [4.78, 5) is 25.4. The van der Waals surface area contributed by atoms with E-state index in [1.165, 1.54) is 0 Å². The zero-order chi connectivity index (χ0) is 18.7. The molecule has 8 heteroatoms. The second-order valence-corrected chi connectivity index (χ2v) is 7.30. The first-order valence-corrected chi connectivity index (χ1v) is 9.07. The van der Waals surface area contributed by atoms with Gasteiger partial charge in [-0.15, -0.1) is 0 Å². The molecule has 5 nitrogen and oxygen atoms in total. The van der Waals surface area contributed by atoms with Gasteiger partial charge in [0.15, 0.2) is 4.32 Å². The molecule has 0 bridgehead atoms. The van der Waals surface area contributed by atoms with Gasteiger partial charge in [-0.05, 0) is 48.1 Å². The largest absolute Gasteiger partial charge is 0.497 e. The van der Waals surface area contributed by atoms with Crippen LogP contribution in [0, 0.1) is 0 Å². The van der Waals surface area contributed by atoms with E-state index in [1.807, 2.05) is 18.2 Å². The second-order valence-electron chi connectivity index (χ2n) is 5.21. The zero-order valence-corrected chi connectivity index (χ0v) is 16.0. The molecule has 3 rings (SSSR count). The maximum absolute atomic E-state index is 12.6. The first kappa shape index (κ1) is 18.4. The number of carbonyl (C=O) groups is 2. The number of thioether (sulfide) groups is 1. The number of carbonyl (C=O) groups excluding carboxylic acids is 2. The zero-order valence-electron chi connectivity index (χ0n) is 13.6. The monoisotopic (exact) mass is 404 g/mol. The topological polar surface area (TPSA) is 58.6 Å². The van der Waals surface area contributed by atoms with E-state index in [0.29, 0.717) is 15.7 Å². The lowest BCUT2D eigenvalue weighted by molar-refractivity contribution is -0.123. The predicted octanol–water partition coefficient (Wildman–Crippen LogP) is 3.89. The van der Waals surface area contributed by atoms with Crippen LogP contribution in [0.2, 0.25) is 5.02 Å². The van der Waals surface area contributed by atoms with Gasteiger partial charge in [-0.2, -0.15) is 5.01 Å². The molecule has 1 heterocycles. The number of benzene rings is 2. The van der Waals surface area contributed by atoms with Gasteiger partial charge in [0.1, 0.15) is 5.75 Å². The van der Waals surface area contributed by atoms with E-state index < -0.39 is 11.8 Å². The minimum absolute atomic E-state index is 0.240.